The smallest absolute Gasteiger partial charge is 0.254 e. The lowest BCUT2D eigenvalue weighted by Crippen LogP contribution is -2.33. The number of rotatable bonds is 1. The molecule has 26 heavy (non-hydrogen) atoms. The molecule has 2 fully saturated rings. The number of benzene rings is 1. The van der Waals surface area contributed by atoms with Crippen LogP contribution in [0.15, 0.2) is 28.7 Å². The van der Waals surface area contributed by atoms with Crippen LogP contribution >= 0.6 is 40.7 Å². The third-order valence-electron chi connectivity index (χ3n) is 5.44. The number of aromatic nitrogens is 1. The maximum atomic E-state index is 13.2. The third kappa shape index (κ3) is 4.16. The van der Waals surface area contributed by atoms with Gasteiger partial charge in [-0.05, 0) is 69.0 Å². The summed E-state index contributed by atoms with van der Waals surface area (Å²) in [4.78, 5) is 19.8. The molecule has 0 radical (unpaired) electrons. The summed E-state index contributed by atoms with van der Waals surface area (Å²) in [5.41, 5.74) is 2.56. The second kappa shape index (κ2) is 8.87. The van der Waals surface area contributed by atoms with E-state index in [4.69, 9.17) is 0 Å². The van der Waals surface area contributed by atoms with Gasteiger partial charge in [-0.3, -0.25) is 9.78 Å². The summed E-state index contributed by atoms with van der Waals surface area (Å²) in [6.07, 6.45) is 2.21. The van der Waals surface area contributed by atoms with Crippen molar-refractivity contribution in [2.24, 2.45) is 11.8 Å². The van der Waals surface area contributed by atoms with Crippen molar-refractivity contribution in [1.29, 1.82) is 0 Å². The van der Waals surface area contributed by atoms with E-state index in [0.29, 0.717) is 0 Å². The number of aryl methyl sites for hydroxylation is 1. The summed E-state index contributed by atoms with van der Waals surface area (Å²) < 4.78 is 0.978. The quantitative estimate of drug-likeness (QED) is 0.692. The van der Waals surface area contributed by atoms with Crippen molar-refractivity contribution in [2.45, 2.75) is 19.8 Å². The van der Waals surface area contributed by atoms with E-state index in [9.17, 15) is 4.79 Å². The number of nitrogens with one attached hydrogen (secondary N) is 1. The predicted molar refractivity (Wildman–Crippen MR) is 114 cm³/mol. The van der Waals surface area contributed by atoms with Crippen LogP contribution in [0.5, 0.6) is 0 Å². The summed E-state index contributed by atoms with van der Waals surface area (Å²) in [7, 11) is 0. The average molecular weight is 461 g/mol. The Bertz CT molecular complexity index is 788. The van der Waals surface area contributed by atoms with Gasteiger partial charge < -0.3 is 10.2 Å². The van der Waals surface area contributed by atoms with Crippen molar-refractivity contribution < 1.29 is 4.79 Å². The molecule has 2 aliphatic rings. The first kappa shape index (κ1) is 21.4. The molecule has 1 amide bonds. The van der Waals surface area contributed by atoms with Gasteiger partial charge in [0.15, 0.2) is 0 Å². The number of likely N-dealkylation sites (tertiary alicyclic amines) is 1. The zero-order valence-corrected chi connectivity index (χ0v) is 17.9. The fraction of sp³-hybridized carbons (Fsp3) is 0.474. The maximum Gasteiger partial charge on any atom is 0.254 e. The number of carbonyl (C=O) groups is 1. The minimum absolute atomic E-state index is 0. The SMILES string of the molecule is Cc1cc(C(=O)N2CC[C@@H]3CNC[C@@H]3CC2)c2cc(Br)ccc2n1.Cl.Cl. The van der Waals surface area contributed by atoms with Gasteiger partial charge in [0.1, 0.15) is 0 Å². The number of halogens is 3. The van der Waals surface area contributed by atoms with Gasteiger partial charge in [0, 0.05) is 28.6 Å². The summed E-state index contributed by atoms with van der Waals surface area (Å²) in [6.45, 7) is 5.89. The number of amides is 1. The van der Waals surface area contributed by atoms with Gasteiger partial charge in [0.05, 0.1) is 11.1 Å². The van der Waals surface area contributed by atoms with Crippen molar-refractivity contribution in [3.63, 3.8) is 0 Å². The Labute approximate surface area is 175 Å². The van der Waals surface area contributed by atoms with Crippen molar-refractivity contribution in [2.75, 3.05) is 26.2 Å². The molecule has 0 saturated carbocycles. The van der Waals surface area contributed by atoms with Crippen molar-refractivity contribution in [1.82, 2.24) is 15.2 Å². The molecule has 0 spiro atoms. The molecule has 2 aliphatic heterocycles. The number of fused-ring (bicyclic) bond motifs is 2. The Kier molecular flexibility index (Phi) is 7.31. The predicted octanol–water partition coefficient (Wildman–Crippen LogP) is 4.22. The molecule has 0 aliphatic carbocycles. The molecule has 2 aromatic rings. The van der Waals surface area contributed by atoms with E-state index in [0.717, 1.165) is 77.5 Å². The highest BCUT2D eigenvalue weighted by Crippen LogP contribution is 2.29. The monoisotopic (exact) mass is 459 g/mol. The Balaban J connectivity index is 0.00000121. The van der Waals surface area contributed by atoms with Crippen LogP contribution in [-0.4, -0.2) is 42.0 Å². The average Bonchev–Trinajstić information content (AvgIpc) is 2.92. The fourth-order valence-corrected chi connectivity index (χ4v) is 4.46. The van der Waals surface area contributed by atoms with Crippen LogP contribution in [0.25, 0.3) is 10.9 Å². The molecular weight excluding hydrogens is 437 g/mol. The number of pyridine rings is 1. The van der Waals surface area contributed by atoms with Gasteiger partial charge in [-0.15, -0.1) is 24.8 Å². The van der Waals surface area contributed by atoms with Gasteiger partial charge in [-0.2, -0.15) is 0 Å². The molecule has 4 nitrogen and oxygen atoms in total. The molecule has 4 rings (SSSR count). The third-order valence-corrected chi connectivity index (χ3v) is 5.93. The van der Waals surface area contributed by atoms with Crippen molar-refractivity contribution in [3.8, 4) is 0 Å². The van der Waals surface area contributed by atoms with E-state index in [1.54, 1.807) is 0 Å². The first-order valence-electron chi connectivity index (χ1n) is 8.69. The summed E-state index contributed by atoms with van der Waals surface area (Å²) in [6, 6.07) is 7.89. The largest absolute Gasteiger partial charge is 0.339 e. The second-order valence-electron chi connectivity index (χ2n) is 7.02. The Morgan fingerprint density at radius 3 is 2.46 bits per heavy atom. The van der Waals surface area contributed by atoms with Crippen LogP contribution in [0, 0.1) is 18.8 Å². The second-order valence-corrected chi connectivity index (χ2v) is 7.94. The van der Waals surface area contributed by atoms with Crippen LogP contribution in [0.1, 0.15) is 28.9 Å². The summed E-state index contributed by atoms with van der Waals surface area (Å²) in [5, 5.41) is 4.42. The maximum absolute atomic E-state index is 13.2. The van der Waals surface area contributed by atoms with Gasteiger partial charge in [-0.1, -0.05) is 15.9 Å². The molecule has 0 unspecified atom stereocenters. The van der Waals surface area contributed by atoms with E-state index in [1.165, 1.54) is 0 Å². The van der Waals surface area contributed by atoms with E-state index in [1.807, 2.05) is 36.1 Å². The highest BCUT2D eigenvalue weighted by molar-refractivity contribution is 9.10. The summed E-state index contributed by atoms with van der Waals surface area (Å²) >= 11 is 3.52. The van der Waals surface area contributed by atoms with Crippen LogP contribution in [0.4, 0.5) is 0 Å². The molecular formula is C19H24BrCl2N3O. The lowest BCUT2D eigenvalue weighted by atomic mass is 9.92. The molecule has 142 valence electrons. The zero-order chi connectivity index (χ0) is 16.7. The van der Waals surface area contributed by atoms with Crippen LogP contribution < -0.4 is 5.32 Å². The van der Waals surface area contributed by atoms with E-state index in [-0.39, 0.29) is 30.7 Å². The van der Waals surface area contributed by atoms with Gasteiger partial charge in [0.25, 0.3) is 5.91 Å². The molecule has 2 saturated heterocycles. The molecule has 3 heterocycles. The van der Waals surface area contributed by atoms with Crippen molar-refractivity contribution in [3.05, 3.63) is 40.0 Å². The molecule has 1 aromatic carbocycles. The normalized spacial score (nSPS) is 22.2. The van der Waals surface area contributed by atoms with E-state index >= 15 is 0 Å². The standard InChI is InChI=1S/C19H22BrN3O.2ClH/c1-12-8-17(16-9-15(20)2-3-18(16)22-12)19(24)23-6-4-13-10-21-11-14(13)5-7-23;;/h2-3,8-9,13-14,21H,4-7,10-11H2,1H3;2*1H/t13-,14+;;. The number of carbonyl (C=O) groups excluding carboxylic acids is 1. The molecule has 1 N–H and O–H groups in total. The first-order chi connectivity index (χ1) is 11.6. The topological polar surface area (TPSA) is 45.2 Å². The lowest BCUT2D eigenvalue weighted by Gasteiger charge is -2.22. The van der Waals surface area contributed by atoms with Crippen LogP contribution in [-0.2, 0) is 0 Å². The van der Waals surface area contributed by atoms with Gasteiger partial charge in [0.2, 0.25) is 0 Å². The van der Waals surface area contributed by atoms with Crippen molar-refractivity contribution >= 4 is 57.6 Å². The summed E-state index contributed by atoms with van der Waals surface area (Å²) in [5.74, 6) is 1.61. The van der Waals surface area contributed by atoms with Gasteiger partial charge in [-0.25, -0.2) is 0 Å². The lowest BCUT2D eigenvalue weighted by molar-refractivity contribution is 0.0760. The van der Waals surface area contributed by atoms with Crippen LogP contribution in [0.2, 0.25) is 0 Å². The molecule has 1 aromatic heterocycles. The Morgan fingerprint density at radius 1 is 1.15 bits per heavy atom. The Morgan fingerprint density at radius 2 is 1.81 bits per heavy atom. The highest BCUT2D eigenvalue weighted by Gasteiger charge is 2.32. The van der Waals surface area contributed by atoms with Gasteiger partial charge >= 0.3 is 0 Å². The van der Waals surface area contributed by atoms with Crippen LogP contribution in [0.3, 0.4) is 0 Å². The fourth-order valence-electron chi connectivity index (χ4n) is 4.10. The van der Waals surface area contributed by atoms with E-state index < -0.39 is 0 Å². The number of hydrogen-bond donors (Lipinski definition) is 1. The molecule has 0 bridgehead atoms. The Hall–Kier alpha value is -0.880. The molecule has 2 atom stereocenters. The van der Waals surface area contributed by atoms with E-state index in [2.05, 4.69) is 26.2 Å². The number of hydrogen-bond acceptors (Lipinski definition) is 3. The highest BCUT2D eigenvalue weighted by atomic mass is 79.9. The minimum atomic E-state index is 0. The number of nitrogens with zero attached hydrogens (tertiary/aromatic N) is 2. The minimum Gasteiger partial charge on any atom is -0.339 e. The zero-order valence-electron chi connectivity index (χ0n) is 14.7. The molecule has 7 heteroatoms. The first-order valence-corrected chi connectivity index (χ1v) is 9.48.